The molecule has 1 aliphatic heterocycles. The quantitative estimate of drug-likeness (QED) is 0.701. The molecular formula is C21H29FN4O4S. The van der Waals surface area contributed by atoms with Gasteiger partial charge in [-0.25, -0.2) is 14.3 Å². The van der Waals surface area contributed by atoms with Crippen molar-refractivity contribution in [3.63, 3.8) is 0 Å². The molecule has 2 heterocycles. The molecule has 2 unspecified atom stereocenters. The summed E-state index contributed by atoms with van der Waals surface area (Å²) in [6.07, 6.45) is 4.27. The molecule has 170 valence electrons. The number of hydrogen-bond acceptors (Lipinski definition) is 5. The zero-order chi connectivity index (χ0) is 22.3. The van der Waals surface area contributed by atoms with Gasteiger partial charge in [0, 0.05) is 19.0 Å². The molecule has 0 amide bonds. The van der Waals surface area contributed by atoms with E-state index in [1.807, 2.05) is 6.92 Å². The summed E-state index contributed by atoms with van der Waals surface area (Å²) >= 11 is 0. The number of nitrogens with zero attached hydrogens (tertiary/aromatic N) is 2. The standard InChI is InChI=1S/C21H29FN4O4S/c1-12-7-8-17(22)18(13(12)2)14(3)19(20-23-24-21(27)30-20)25-31(28,29)26-10-15-5-4-6-16(9-15)11-26/h7-8,14-16,19,25H,4-6,9-11H2,1-3H3,(H,24,27)/t14-,15?,16?,19+/m1/s1. The van der Waals surface area contributed by atoms with Gasteiger partial charge in [-0.05, 0) is 67.7 Å². The molecule has 2 aliphatic rings. The number of piperidine rings is 1. The number of H-pyrrole nitrogens is 1. The van der Waals surface area contributed by atoms with Crippen LogP contribution in [0, 0.1) is 31.5 Å². The van der Waals surface area contributed by atoms with Gasteiger partial charge in [-0.2, -0.15) is 17.4 Å². The fraction of sp³-hybridized carbons (Fsp3) is 0.619. The number of aryl methyl sites for hydroxylation is 1. The third kappa shape index (κ3) is 4.47. The topological polar surface area (TPSA) is 108 Å². The minimum atomic E-state index is -3.91. The van der Waals surface area contributed by atoms with Gasteiger partial charge in [-0.15, -0.1) is 5.10 Å². The number of halogens is 1. The summed E-state index contributed by atoms with van der Waals surface area (Å²) in [6, 6.07) is 2.01. The molecule has 1 saturated carbocycles. The van der Waals surface area contributed by atoms with E-state index in [-0.39, 0.29) is 5.89 Å². The molecule has 2 aromatic rings. The summed E-state index contributed by atoms with van der Waals surface area (Å²) in [5.74, 6) is -1.28. The van der Waals surface area contributed by atoms with Crippen LogP contribution in [0.3, 0.4) is 0 Å². The number of nitrogens with one attached hydrogen (secondary N) is 2. The summed E-state index contributed by atoms with van der Waals surface area (Å²) in [5.41, 5.74) is 1.98. The van der Waals surface area contributed by atoms with Crippen molar-refractivity contribution < 1.29 is 17.2 Å². The Balaban J connectivity index is 1.68. The van der Waals surface area contributed by atoms with E-state index >= 15 is 0 Å². The Morgan fingerprint density at radius 1 is 1.26 bits per heavy atom. The summed E-state index contributed by atoms with van der Waals surface area (Å²) in [6.45, 7) is 6.30. The summed E-state index contributed by atoms with van der Waals surface area (Å²) in [4.78, 5) is 11.6. The van der Waals surface area contributed by atoms with Crippen LogP contribution in [0.1, 0.15) is 67.1 Å². The maximum Gasteiger partial charge on any atom is 0.434 e. The van der Waals surface area contributed by atoms with Crippen molar-refractivity contribution in [2.75, 3.05) is 13.1 Å². The molecule has 1 aliphatic carbocycles. The van der Waals surface area contributed by atoms with Gasteiger partial charge < -0.3 is 4.42 Å². The van der Waals surface area contributed by atoms with Crippen molar-refractivity contribution in [1.82, 2.24) is 19.2 Å². The summed E-state index contributed by atoms with van der Waals surface area (Å²) in [7, 11) is -3.91. The highest BCUT2D eigenvalue weighted by atomic mass is 32.2. The van der Waals surface area contributed by atoms with Gasteiger partial charge in [-0.1, -0.05) is 19.4 Å². The number of rotatable bonds is 6. The van der Waals surface area contributed by atoms with Gasteiger partial charge in [-0.3, -0.25) is 0 Å². The molecular weight excluding hydrogens is 423 g/mol. The van der Waals surface area contributed by atoms with Gasteiger partial charge in [0.1, 0.15) is 11.9 Å². The predicted molar refractivity (Wildman–Crippen MR) is 113 cm³/mol. The molecule has 2 bridgehead atoms. The third-order valence-electron chi connectivity index (χ3n) is 6.84. The van der Waals surface area contributed by atoms with Crippen LogP contribution < -0.4 is 10.5 Å². The molecule has 4 atom stereocenters. The number of fused-ring (bicyclic) bond motifs is 2. The average molecular weight is 453 g/mol. The molecule has 1 saturated heterocycles. The molecule has 8 nitrogen and oxygen atoms in total. The van der Waals surface area contributed by atoms with Crippen molar-refractivity contribution in [2.45, 2.75) is 58.4 Å². The number of aromatic amines is 1. The Kier molecular flexibility index (Phi) is 6.06. The summed E-state index contributed by atoms with van der Waals surface area (Å²) in [5, 5.41) is 6.04. The second kappa shape index (κ2) is 8.48. The van der Waals surface area contributed by atoms with Gasteiger partial charge in [0.05, 0.1) is 0 Å². The van der Waals surface area contributed by atoms with Crippen molar-refractivity contribution in [2.24, 2.45) is 11.8 Å². The lowest BCUT2D eigenvalue weighted by Gasteiger charge is -2.41. The Hall–Kier alpha value is -2.04. The van der Waals surface area contributed by atoms with Crippen molar-refractivity contribution in [3.8, 4) is 0 Å². The molecule has 10 heteroatoms. The summed E-state index contributed by atoms with van der Waals surface area (Å²) < 4.78 is 50.8. The molecule has 2 fully saturated rings. The Labute approximate surface area is 181 Å². The van der Waals surface area contributed by atoms with Crippen LogP contribution in [0.4, 0.5) is 4.39 Å². The van der Waals surface area contributed by atoms with Crippen molar-refractivity contribution >= 4 is 10.2 Å². The van der Waals surface area contributed by atoms with Crippen molar-refractivity contribution in [3.05, 3.63) is 51.1 Å². The van der Waals surface area contributed by atoms with Crippen LogP contribution in [0.25, 0.3) is 0 Å². The van der Waals surface area contributed by atoms with Crippen LogP contribution in [0.5, 0.6) is 0 Å². The molecule has 0 spiro atoms. The van der Waals surface area contributed by atoms with E-state index < -0.39 is 33.7 Å². The molecule has 0 radical (unpaired) electrons. The smallest absolute Gasteiger partial charge is 0.391 e. The maximum absolute atomic E-state index is 14.8. The zero-order valence-electron chi connectivity index (χ0n) is 18.0. The SMILES string of the molecule is Cc1ccc(F)c([C@@H](C)[C@H](NS(=O)(=O)N2CC3CCCC(C3)C2)c2n[nH]c(=O)o2)c1C. The lowest BCUT2D eigenvalue weighted by molar-refractivity contribution is 0.142. The normalized spacial score (nSPS) is 24.1. The van der Waals surface area contributed by atoms with Crippen LogP contribution >= 0.6 is 0 Å². The van der Waals surface area contributed by atoms with Crippen molar-refractivity contribution in [1.29, 1.82) is 0 Å². The first-order valence-corrected chi connectivity index (χ1v) is 12.2. The van der Waals surface area contributed by atoms with Crippen LogP contribution in [-0.4, -0.2) is 36.0 Å². The number of aromatic nitrogens is 2. The highest BCUT2D eigenvalue weighted by Gasteiger charge is 2.39. The molecule has 4 rings (SSSR count). The molecule has 2 N–H and O–H groups in total. The van der Waals surface area contributed by atoms with Crippen LogP contribution in [-0.2, 0) is 10.2 Å². The first kappa shape index (κ1) is 22.2. The average Bonchev–Trinajstić information content (AvgIpc) is 3.15. The van der Waals surface area contributed by atoms with Gasteiger partial charge in [0.15, 0.2) is 0 Å². The largest absolute Gasteiger partial charge is 0.434 e. The van der Waals surface area contributed by atoms with E-state index in [0.29, 0.717) is 30.5 Å². The van der Waals surface area contributed by atoms with E-state index in [0.717, 1.165) is 36.8 Å². The fourth-order valence-corrected chi connectivity index (χ4v) is 6.68. The zero-order valence-corrected chi connectivity index (χ0v) is 18.8. The van der Waals surface area contributed by atoms with Gasteiger partial charge >= 0.3 is 5.76 Å². The van der Waals surface area contributed by atoms with E-state index in [1.165, 1.54) is 10.4 Å². The second-order valence-corrected chi connectivity index (χ2v) is 10.7. The van der Waals surface area contributed by atoms with E-state index in [2.05, 4.69) is 14.9 Å². The minimum Gasteiger partial charge on any atom is -0.391 e. The maximum atomic E-state index is 14.8. The fourth-order valence-electron chi connectivity index (χ4n) is 5.09. The van der Waals surface area contributed by atoms with E-state index in [4.69, 9.17) is 4.42 Å². The Morgan fingerprint density at radius 2 is 1.94 bits per heavy atom. The van der Waals surface area contributed by atoms with E-state index in [1.54, 1.807) is 19.9 Å². The van der Waals surface area contributed by atoms with Gasteiger partial charge in [0.2, 0.25) is 5.89 Å². The second-order valence-electron chi connectivity index (χ2n) is 8.96. The monoisotopic (exact) mass is 452 g/mol. The molecule has 1 aromatic heterocycles. The van der Waals surface area contributed by atoms with Gasteiger partial charge in [0.25, 0.3) is 10.2 Å². The first-order valence-electron chi connectivity index (χ1n) is 10.7. The van der Waals surface area contributed by atoms with Crippen LogP contribution in [0.2, 0.25) is 0 Å². The lowest BCUT2D eigenvalue weighted by Crippen LogP contribution is -2.51. The molecule has 1 aromatic carbocycles. The Bertz CT molecular complexity index is 1100. The first-order chi connectivity index (χ1) is 14.7. The van der Waals surface area contributed by atoms with Crippen LogP contribution in [0.15, 0.2) is 21.3 Å². The minimum absolute atomic E-state index is 0.112. The Morgan fingerprint density at radius 3 is 2.55 bits per heavy atom. The predicted octanol–water partition coefficient (Wildman–Crippen LogP) is 2.92. The third-order valence-corrected chi connectivity index (χ3v) is 8.37. The van der Waals surface area contributed by atoms with E-state index in [9.17, 15) is 17.6 Å². The highest BCUT2D eigenvalue weighted by molar-refractivity contribution is 7.87. The highest BCUT2D eigenvalue weighted by Crippen LogP contribution is 2.37. The molecule has 31 heavy (non-hydrogen) atoms. The number of benzene rings is 1. The lowest BCUT2D eigenvalue weighted by atomic mass is 9.79. The number of hydrogen-bond donors (Lipinski definition) is 2.